The highest BCUT2D eigenvalue weighted by atomic mass is 16.3. The molecule has 21 heavy (non-hydrogen) atoms. The zero-order valence-electron chi connectivity index (χ0n) is 11.4. The molecular weight excluding hydrogens is 266 g/mol. The van der Waals surface area contributed by atoms with Gasteiger partial charge in [-0.2, -0.15) is 0 Å². The van der Waals surface area contributed by atoms with Crippen molar-refractivity contribution in [2.24, 2.45) is 5.92 Å². The van der Waals surface area contributed by atoms with Crippen LogP contribution in [-0.2, 0) is 12.8 Å². The summed E-state index contributed by atoms with van der Waals surface area (Å²) >= 11 is 0. The lowest BCUT2D eigenvalue weighted by molar-refractivity contribution is 0.0909. The van der Waals surface area contributed by atoms with Gasteiger partial charge in [0.05, 0.1) is 12.0 Å². The first-order valence-electron chi connectivity index (χ1n) is 7.08. The Hall–Kier alpha value is -2.56. The average molecular weight is 281 g/mol. The van der Waals surface area contributed by atoms with E-state index < -0.39 is 0 Å². The monoisotopic (exact) mass is 281 g/mol. The van der Waals surface area contributed by atoms with Gasteiger partial charge >= 0.3 is 0 Å². The molecule has 0 saturated carbocycles. The standard InChI is InChI=1S/C16H15N3O2/c20-10-2-4-13-11(6-10)12(7-17-13)16(21)9-1-3-14-15(5-9)19-8-18-14/h2,4,6-9,17,20H,1,3,5H2,(H,18,19). The first kappa shape index (κ1) is 12.2. The van der Waals surface area contributed by atoms with Crippen LogP contribution in [0.5, 0.6) is 5.75 Å². The molecule has 1 unspecified atom stereocenters. The molecule has 0 amide bonds. The molecule has 0 saturated heterocycles. The molecule has 3 aromatic rings. The molecule has 1 atom stereocenters. The van der Waals surface area contributed by atoms with Gasteiger partial charge in [-0.05, 0) is 37.5 Å². The van der Waals surface area contributed by atoms with E-state index in [2.05, 4.69) is 15.0 Å². The Kier molecular flexibility index (Phi) is 2.60. The molecular formula is C16H15N3O2. The van der Waals surface area contributed by atoms with E-state index in [0.29, 0.717) is 12.0 Å². The zero-order chi connectivity index (χ0) is 14.4. The van der Waals surface area contributed by atoms with Crippen molar-refractivity contribution < 1.29 is 9.90 Å². The summed E-state index contributed by atoms with van der Waals surface area (Å²) in [6.45, 7) is 0. The van der Waals surface area contributed by atoms with Crippen LogP contribution in [0.3, 0.4) is 0 Å². The number of aryl methyl sites for hydroxylation is 1. The average Bonchev–Trinajstić information content (AvgIpc) is 3.11. The Labute approximate surface area is 121 Å². The number of Topliss-reactive ketones (excluding diaryl/α,β-unsaturated/α-hetero) is 1. The molecule has 0 aliphatic heterocycles. The van der Waals surface area contributed by atoms with Crippen molar-refractivity contribution in [2.45, 2.75) is 19.3 Å². The molecule has 106 valence electrons. The number of phenolic OH excluding ortho intramolecular Hbond substituents is 1. The largest absolute Gasteiger partial charge is 0.508 e. The van der Waals surface area contributed by atoms with Crippen LogP contribution < -0.4 is 0 Å². The number of aromatic amines is 2. The topological polar surface area (TPSA) is 81.8 Å². The summed E-state index contributed by atoms with van der Waals surface area (Å²) in [4.78, 5) is 23.3. The summed E-state index contributed by atoms with van der Waals surface area (Å²) < 4.78 is 0. The maximum atomic E-state index is 12.8. The molecule has 2 aromatic heterocycles. The Balaban J connectivity index is 1.69. The van der Waals surface area contributed by atoms with E-state index in [0.717, 1.165) is 35.1 Å². The fraction of sp³-hybridized carbons (Fsp3) is 0.250. The van der Waals surface area contributed by atoms with E-state index in [1.54, 1.807) is 30.7 Å². The van der Waals surface area contributed by atoms with Crippen LogP contribution in [0.4, 0.5) is 0 Å². The van der Waals surface area contributed by atoms with Crippen molar-refractivity contribution >= 4 is 16.7 Å². The minimum Gasteiger partial charge on any atom is -0.508 e. The molecule has 1 aliphatic carbocycles. The highest BCUT2D eigenvalue weighted by Crippen LogP contribution is 2.30. The van der Waals surface area contributed by atoms with Gasteiger partial charge in [-0.3, -0.25) is 4.79 Å². The zero-order valence-corrected chi connectivity index (χ0v) is 11.4. The molecule has 0 fully saturated rings. The van der Waals surface area contributed by atoms with Gasteiger partial charge in [-0.25, -0.2) is 4.98 Å². The van der Waals surface area contributed by atoms with E-state index in [1.807, 2.05) is 0 Å². The van der Waals surface area contributed by atoms with Gasteiger partial charge in [0.15, 0.2) is 5.78 Å². The molecule has 2 heterocycles. The van der Waals surface area contributed by atoms with E-state index in [4.69, 9.17) is 0 Å². The lowest BCUT2D eigenvalue weighted by atomic mass is 9.84. The normalized spacial score (nSPS) is 17.8. The Morgan fingerprint density at radius 2 is 2.24 bits per heavy atom. The number of nitrogens with zero attached hydrogens (tertiary/aromatic N) is 1. The highest BCUT2D eigenvalue weighted by molar-refractivity contribution is 6.09. The number of aromatic nitrogens is 3. The van der Waals surface area contributed by atoms with Gasteiger partial charge < -0.3 is 15.1 Å². The Morgan fingerprint density at radius 3 is 3.14 bits per heavy atom. The first-order chi connectivity index (χ1) is 10.2. The van der Waals surface area contributed by atoms with E-state index in [1.165, 1.54) is 0 Å². The summed E-state index contributed by atoms with van der Waals surface area (Å²) in [6, 6.07) is 5.05. The van der Waals surface area contributed by atoms with E-state index in [9.17, 15) is 9.90 Å². The number of hydrogen-bond donors (Lipinski definition) is 3. The molecule has 1 aromatic carbocycles. The number of imidazole rings is 1. The van der Waals surface area contributed by atoms with Gasteiger partial charge in [0.25, 0.3) is 0 Å². The van der Waals surface area contributed by atoms with Crippen LogP contribution in [0.1, 0.15) is 28.2 Å². The van der Waals surface area contributed by atoms with E-state index in [-0.39, 0.29) is 17.5 Å². The minimum atomic E-state index is -0.0284. The lowest BCUT2D eigenvalue weighted by Gasteiger charge is -2.19. The minimum absolute atomic E-state index is 0.0284. The van der Waals surface area contributed by atoms with Crippen LogP contribution in [0.15, 0.2) is 30.7 Å². The third kappa shape index (κ3) is 1.93. The van der Waals surface area contributed by atoms with Crippen LogP contribution in [-0.4, -0.2) is 25.8 Å². The summed E-state index contributed by atoms with van der Waals surface area (Å²) in [6.07, 6.45) is 5.81. The number of benzene rings is 1. The van der Waals surface area contributed by atoms with Crippen molar-refractivity contribution in [3.63, 3.8) is 0 Å². The summed E-state index contributed by atoms with van der Waals surface area (Å²) in [5.41, 5.74) is 3.68. The van der Waals surface area contributed by atoms with Crippen LogP contribution in [0.2, 0.25) is 0 Å². The summed E-state index contributed by atoms with van der Waals surface area (Å²) in [7, 11) is 0. The predicted octanol–water partition coefficient (Wildman–Crippen LogP) is 2.58. The number of phenols is 1. The molecule has 0 radical (unpaired) electrons. The number of H-pyrrole nitrogens is 2. The quantitative estimate of drug-likeness (QED) is 0.631. The Morgan fingerprint density at radius 1 is 1.33 bits per heavy atom. The van der Waals surface area contributed by atoms with Crippen molar-refractivity contribution in [1.82, 2.24) is 15.0 Å². The Bertz CT molecular complexity index is 831. The predicted molar refractivity (Wildman–Crippen MR) is 78.4 cm³/mol. The summed E-state index contributed by atoms with van der Waals surface area (Å²) in [5.74, 6) is 0.280. The number of rotatable bonds is 2. The van der Waals surface area contributed by atoms with Crippen LogP contribution in [0.25, 0.3) is 10.9 Å². The van der Waals surface area contributed by atoms with Gasteiger partial charge in [-0.1, -0.05) is 0 Å². The highest BCUT2D eigenvalue weighted by Gasteiger charge is 2.28. The van der Waals surface area contributed by atoms with Gasteiger partial charge in [-0.15, -0.1) is 0 Å². The van der Waals surface area contributed by atoms with Crippen molar-refractivity contribution in [2.75, 3.05) is 0 Å². The van der Waals surface area contributed by atoms with E-state index >= 15 is 0 Å². The van der Waals surface area contributed by atoms with Gasteiger partial charge in [0.2, 0.25) is 0 Å². The number of aromatic hydroxyl groups is 1. The SMILES string of the molecule is O=C(c1c[nH]c2ccc(O)cc12)C1CCc2nc[nH]c2C1. The number of hydrogen-bond acceptors (Lipinski definition) is 3. The van der Waals surface area contributed by atoms with Gasteiger partial charge in [0, 0.05) is 34.3 Å². The smallest absolute Gasteiger partial charge is 0.168 e. The second-order valence-corrected chi connectivity index (χ2v) is 5.56. The first-order valence-corrected chi connectivity index (χ1v) is 7.08. The molecule has 5 nitrogen and oxygen atoms in total. The van der Waals surface area contributed by atoms with Crippen molar-refractivity contribution in [3.8, 4) is 5.75 Å². The van der Waals surface area contributed by atoms with Crippen LogP contribution in [0, 0.1) is 5.92 Å². The third-order valence-electron chi connectivity index (χ3n) is 4.29. The van der Waals surface area contributed by atoms with Crippen molar-refractivity contribution in [1.29, 1.82) is 0 Å². The maximum Gasteiger partial charge on any atom is 0.168 e. The second-order valence-electron chi connectivity index (χ2n) is 5.56. The lowest BCUT2D eigenvalue weighted by Crippen LogP contribution is -2.22. The number of fused-ring (bicyclic) bond motifs is 2. The van der Waals surface area contributed by atoms with Crippen molar-refractivity contribution in [3.05, 3.63) is 47.7 Å². The molecule has 5 heteroatoms. The molecule has 3 N–H and O–H groups in total. The molecule has 1 aliphatic rings. The second kappa shape index (κ2) is 4.48. The summed E-state index contributed by atoms with van der Waals surface area (Å²) in [5, 5.41) is 10.4. The van der Waals surface area contributed by atoms with Gasteiger partial charge in [0.1, 0.15) is 5.75 Å². The molecule has 0 bridgehead atoms. The number of ketones is 1. The molecule has 0 spiro atoms. The number of nitrogens with one attached hydrogen (secondary N) is 2. The fourth-order valence-electron chi connectivity index (χ4n) is 3.16. The molecule has 4 rings (SSSR count). The number of carbonyl (C=O) groups is 1. The third-order valence-corrected chi connectivity index (χ3v) is 4.29. The maximum absolute atomic E-state index is 12.8. The van der Waals surface area contributed by atoms with Crippen LogP contribution >= 0.6 is 0 Å². The number of carbonyl (C=O) groups excluding carboxylic acids is 1. The fourth-order valence-corrected chi connectivity index (χ4v) is 3.16.